The molecule has 0 aromatic rings. The zero-order valence-electron chi connectivity index (χ0n) is 9.30. The number of carbonyl (C=O) groups excluding carboxylic acids is 1. The normalized spacial score (nSPS) is 24.4. The minimum atomic E-state index is 0. The Morgan fingerprint density at radius 2 is 2.33 bits per heavy atom. The molecule has 1 saturated heterocycles. The van der Waals surface area contributed by atoms with Crippen molar-refractivity contribution >= 4 is 18.3 Å². The third-order valence-corrected chi connectivity index (χ3v) is 2.63. The first-order chi connectivity index (χ1) is 6.75. The molecule has 1 amide bonds. The minimum Gasteiger partial charge on any atom is -0.345 e. The number of hydrogen-bond donors (Lipinski definition) is 2. The van der Waals surface area contributed by atoms with Crippen LogP contribution in [-0.2, 0) is 4.79 Å². The van der Waals surface area contributed by atoms with Gasteiger partial charge in [-0.2, -0.15) is 0 Å². The van der Waals surface area contributed by atoms with Crippen molar-refractivity contribution in [2.75, 3.05) is 13.1 Å². The molecule has 1 rings (SSSR count). The summed E-state index contributed by atoms with van der Waals surface area (Å²) >= 11 is 0. The Bertz CT molecular complexity index is 257. The summed E-state index contributed by atoms with van der Waals surface area (Å²) in [4.78, 5) is 11.7. The first kappa shape index (κ1) is 14.3. The highest BCUT2D eigenvalue weighted by Crippen LogP contribution is 2.15. The van der Waals surface area contributed by atoms with E-state index in [2.05, 4.69) is 29.4 Å². The molecule has 86 valence electrons. The summed E-state index contributed by atoms with van der Waals surface area (Å²) in [6, 6.07) is 0.290. The zero-order chi connectivity index (χ0) is 10.4. The van der Waals surface area contributed by atoms with Crippen LogP contribution in [0.5, 0.6) is 0 Å². The molecule has 0 aromatic carbocycles. The number of rotatable bonds is 2. The fourth-order valence-electron chi connectivity index (χ4n) is 1.75. The number of piperidine rings is 1. The van der Waals surface area contributed by atoms with E-state index >= 15 is 0 Å². The molecule has 0 radical (unpaired) electrons. The van der Waals surface area contributed by atoms with Gasteiger partial charge >= 0.3 is 0 Å². The van der Waals surface area contributed by atoms with E-state index in [-0.39, 0.29) is 24.2 Å². The van der Waals surface area contributed by atoms with Crippen LogP contribution < -0.4 is 10.6 Å². The van der Waals surface area contributed by atoms with Crippen LogP contribution in [0.2, 0.25) is 0 Å². The topological polar surface area (TPSA) is 41.1 Å². The van der Waals surface area contributed by atoms with Crippen molar-refractivity contribution in [1.82, 2.24) is 10.6 Å². The van der Waals surface area contributed by atoms with Crippen LogP contribution in [0.25, 0.3) is 0 Å². The predicted molar refractivity (Wildman–Crippen MR) is 63.9 cm³/mol. The molecule has 1 fully saturated rings. The standard InChI is InChI=1S/C11H18N2O.ClH/c1-3-4-7-13-11(14)10-6-5-8-12-9(10)2;/h9-10,12H,5-8H2,1-2H3,(H,13,14);1H/t9-,10-;/m1./s1. The van der Waals surface area contributed by atoms with Gasteiger partial charge in [-0.1, -0.05) is 5.92 Å². The van der Waals surface area contributed by atoms with E-state index in [1.807, 2.05) is 0 Å². The monoisotopic (exact) mass is 230 g/mol. The van der Waals surface area contributed by atoms with E-state index in [0.29, 0.717) is 12.6 Å². The summed E-state index contributed by atoms with van der Waals surface area (Å²) in [7, 11) is 0. The highest BCUT2D eigenvalue weighted by atomic mass is 35.5. The van der Waals surface area contributed by atoms with Gasteiger partial charge < -0.3 is 10.6 Å². The number of carbonyl (C=O) groups is 1. The number of nitrogens with one attached hydrogen (secondary N) is 2. The third-order valence-electron chi connectivity index (χ3n) is 2.63. The molecule has 0 saturated carbocycles. The van der Waals surface area contributed by atoms with Gasteiger partial charge in [-0.05, 0) is 33.2 Å². The average molecular weight is 231 g/mol. The van der Waals surface area contributed by atoms with Crippen molar-refractivity contribution < 1.29 is 4.79 Å². The molecule has 1 aliphatic heterocycles. The lowest BCUT2D eigenvalue weighted by molar-refractivity contribution is -0.126. The predicted octanol–water partition coefficient (Wildman–Crippen LogP) is 0.936. The molecule has 0 bridgehead atoms. The molecule has 0 unspecified atom stereocenters. The van der Waals surface area contributed by atoms with Gasteiger partial charge in [0, 0.05) is 6.04 Å². The van der Waals surface area contributed by atoms with Gasteiger partial charge in [0.15, 0.2) is 0 Å². The van der Waals surface area contributed by atoms with Crippen molar-refractivity contribution in [3.63, 3.8) is 0 Å². The van der Waals surface area contributed by atoms with Crippen LogP contribution in [0, 0.1) is 17.8 Å². The fourth-order valence-corrected chi connectivity index (χ4v) is 1.75. The minimum absolute atomic E-state index is 0. The van der Waals surface area contributed by atoms with Crippen molar-refractivity contribution in [3.8, 4) is 11.8 Å². The summed E-state index contributed by atoms with van der Waals surface area (Å²) in [5.41, 5.74) is 0. The molecule has 15 heavy (non-hydrogen) atoms. The maximum Gasteiger partial charge on any atom is 0.225 e. The number of hydrogen-bond acceptors (Lipinski definition) is 2. The lowest BCUT2D eigenvalue weighted by atomic mass is 9.91. The Balaban J connectivity index is 0.00000196. The number of amides is 1. The molecule has 2 atom stereocenters. The lowest BCUT2D eigenvalue weighted by Gasteiger charge is -2.28. The Morgan fingerprint density at radius 1 is 1.60 bits per heavy atom. The van der Waals surface area contributed by atoms with Crippen molar-refractivity contribution in [3.05, 3.63) is 0 Å². The summed E-state index contributed by atoms with van der Waals surface area (Å²) in [5, 5.41) is 6.14. The molecule has 0 aromatic heterocycles. The maximum absolute atomic E-state index is 11.7. The largest absolute Gasteiger partial charge is 0.345 e. The maximum atomic E-state index is 11.7. The molecule has 0 aliphatic carbocycles. The van der Waals surface area contributed by atoms with Crippen LogP contribution in [0.3, 0.4) is 0 Å². The Labute approximate surface area is 97.8 Å². The van der Waals surface area contributed by atoms with Crippen molar-refractivity contribution in [1.29, 1.82) is 0 Å². The summed E-state index contributed by atoms with van der Waals surface area (Å²) in [6.45, 7) is 5.34. The second kappa shape index (κ2) is 7.56. The molecule has 0 spiro atoms. The van der Waals surface area contributed by atoms with E-state index in [9.17, 15) is 4.79 Å². The van der Waals surface area contributed by atoms with Gasteiger partial charge in [0.05, 0.1) is 12.5 Å². The van der Waals surface area contributed by atoms with Gasteiger partial charge in [0.25, 0.3) is 0 Å². The molecule has 1 aliphatic rings. The molecule has 3 nitrogen and oxygen atoms in total. The molecule has 2 N–H and O–H groups in total. The van der Waals surface area contributed by atoms with Crippen molar-refractivity contribution in [2.24, 2.45) is 5.92 Å². The summed E-state index contributed by atoms with van der Waals surface area (Å²) in [5.74, 6) is 5.83. The summed E-state index contributed by atoms with van der Waals surface area (Å²) in [6.07, 6.45) is 2.07. The van der Waals surface area contributed by atoms with Crippen LogP contribution >= 0.6 is 12.4 Å². The van der Waals surface area contributed by atoms with E-state index < -0.39 is 0 Å². The number of halogens is 1. The highest BCUT2D eigenvalue weighted by Gasteiger charge is 2.26. The van der Waals surface area contributed by atoms with Gasteiger partial charge in [-0.15, -0.1) is 18.3 Å². The van der Waals surface area contributed by atoms with Crippen LogP contribution in [0.15, 0.2) is 0 Å². The first-order valence-electron chi connectivity index (χ1n) is 5.16. The quantitative estimate of drug-likeness (QED) is 0.694. The van der Waals surface area contributed by atoms with Gasteiger partial charge in [-0.3, -0.25) is 4.79 Å². The van der Waals surface area contributed by atoms with Crippen LogP contribution in [0.4, 0.5) is 0 Å². The zero-order valence-corrected chi connectivity index (χ0v) is 10.1. The van der Waals surface area contributed by atoms with E-state index in [1.165, 1.54) is 0 Å². The highest BCUT2D eigenvalue weighted by molar-refractivity contribution is 5.85. The van der Waals surface area contributed by atoms with Crippen LogP contribution in [-0.4, -0.2) is 25.0 Å². The smallest absolute Gasteiger partial charge is 0.225 e. The molecular formula is C11H19ClN2O. The Morgan fingerprint density at radius 3 is 2.93 bits per heavy atom. The van der Waals surface area contributed by atoms with Crippen LogP contribution in [0.1, 0.15) is 26.7 Å². The molecular weight excluding hydrogens is 212 g/mol. The first-order valence-corrected chi connectivity index (χ1v) is 5.16. The second-order valence-corrected chi connectivity index (χ2v) is 3.64. The second-order valence-electron chi connectivity index (χ2n) is 3.64. The van der Waals surface area contributed by atoms with Gasteiger partial charge in [0.2, 0.25) is 5.91 Å². The third kappa shape index (κ3) is 4.55. The van der Waals surface area contributed by atoms with Crippen molar-refractivity contribution in [2.45, 2.75) is 32.7 Å². The lowest BCUT2D eigenvalue weighted by Crippen LogP contribution is -2.46. The van der Waals surface area contributed by atoms with Gasteiger partial charge in [-0.25, -0.2) is 0 Å². The molecule has 1 heterocycles. The van der Waals surface area contributed by atoms with E-state index in [0.717, 1.165) is 19.4 Å². The average Bonchev–Trinajstić information content (AvgIpc) is 2.18. The summed E-state index contributed by atoms with van der Waals surface area (Å²) < 4.78 is 0. The van der Waals surface area contributed by atoms with E-state index in [1.54, 1.807) is 6.92 Å². The van der Waals surface area contributed by atoms with E-state index in [4.69, 9.17) is 0 Å². The Kier molecular flexibility index (Phi) is 7.19. The van der Waals surface area contributed by atoms with Gasteiger partial charge in [0.1, 0.15) is 0 Å². The Hall–Kier alpha value is -0.720. The molecule has 4 heteroatoms. The fraction of sp³-hybridized carbons (Fsp3) is 0.727. The SMILES string of the molecule is CC#CCNC(=O)[C@@H]1CCCN[C@@H]1C.Cl.